The first-order chi connectivity index (χ1) is 9.76. The van der Waals surface area contributed by atoms with E-state index in [4.69, 9.17) is 14.7 Å². The zero-order valence-electron chi connectivity index (χ0n) is 11.4. The summed E-state index contributed by atoms with van der Waals surface area (Å²) >= 11 is 0. The average Bonchev–Trinajstić information content (AvgIpc) is 2.52. The fourth-order valence-corrected chi connectivity index (χ4v) is 1.78. The third-order valence-electron chi connectivity index (χ3n) is 2.79. The number of aromatic nitrogens is 1. The van der Waals surface area contributed by atoms with Gasteiger partial charge in [-0.15, -0.1) is 0 Å². The molecule has 1 heterocycles. The Labute approximate surface area is 117 Å². The van der Waals surface area contributed by atoms with E-state index in [1.807, 2.05) is 30.3 Å². The van der Waals surface area contributed by atoms with Crippen molar-refractivity contribution in [2.45, 2.75) is 6.54 Å². The molecule has 5 nitrogen and oxygen atoms in total. The molecule has 0 unspecified atom stereocenters. The summed E-state index contributed by atoms with van der Waals surface area (Å²) in [5.41, 5.74) is 1.43. The van der Waals surface area contributed by atoms with Gasteiger partial charge in [0.25, 0.3) is 0 Å². The van der Waals surface area contributed by atoms with Crippen LogP contribution >= 0.6 is 0 Å². The van der Waals surface area contributed by atoms with Gasteiger partial charge in [0.05, 0.1) is 14.2 Å². The number of nitriles is 1. The van der Waals surface area contributed by atoms with Crippen LogP contribution in [0.3, 0.4) is 0 Å². The van der Waals surface area contributed by atoms with Crippen molar-refractivity contribution in [2.75, 3.05) is 19.5 Å². The van der Waals surface area contributed by atoms with E-state index in [2.05, 4.69) is 10.3 Å². The van der Waals surface area contributed by atoms with Crippen molar-refractivity contribution in [1.29, 1.82) is 5.26 Å². The third-order valence-corrected chi connectivity index (χ3v) is 2.79. The molecule has 20 heavy (non-hydrogen) atoms. The van der Waals surface area contributed by atoms with Crippen molar-refractivity contribution in [3.8, 4) is 17.6 Å². The lowest BCUT2D eigenvalue weighted by Gasteiger charge is -2.10. The van der Waals surface area contributed by atoms with E-state index in [0.29, 0.717) is 29.6 Å². The quantitative estimate of drug-likeness (QED) is 0.903. The Morgan fingerprint density at radius 1 is 1.15 bits per heavy atom. The Morgan fingerprint density at radius 2 is 1.95 bits per heavy atom. The minimum absolute atomic E-state index is 0.391. The highest BCUT2D eigenvalue weighted by molar-refractivity contribution is 5.45. The number of benzene rings is 1. The Bertz CT molecular complexity index is 635. The smallest absolute Gasteiger partial charge is 0.161 e. The van der Waals surface area contributed by atoms with E-state index in [1.54, 1.807) is 26.4 Å². The van der Waals surface area contributed by atoms with Crippen LogP contribution in [0.15, 0.2) is 36.4 Å². The molecule has 0 saturated carbocycles. The predicted octanol–water partition coefficient (Wildman–Crippen LogP) is 2.58. The minimum atomic E-state index is 0.391. The van der Waals surface area contributed by atoms with Gasteiger partial charge in [-0.25, -0.2) is 4.98 Å². The van der Waals surface area contributed by atoms with Gasteiger partial charge < -0.3 is 14.8 Å². The van der Waals surface area contributed by atoms with Crippen molar-refractivity contribution >= 4 is 5.82 Å². The van der Waals surface area contributed by atoms with Gasteiger partial charge in [-0.05, 0) is 29.8 Å². The summed E-state index contributed by atoms with van der Waals surface area (Å²) in [5, 5.41) is 12.0. The van der Waals surface area contributed by atoms with E-state index < -0.39 is 0 Å². The van der Waals surface area contributed by atoms with Crippen molar-refractivity contribution in [3.63, 3.8) is 0 Å². The van der Waals surface area contributed by atoms with Crippen molar-refractivity contribution in [1.82, 2.24) is 4.98 Å². The molecular formula is C15H15N3O2. The van der Waals surface area contributed by atoms with Crippen LogP contribution < -0.4 is 14.8 Å². The number of methoxy groups -OCH3 is 2. The van der Waals surface area contributed by atoms with E-state index in [0.717, 1.165) is 5.56 Å². The van der Waals surface area contributed by atoms with Crippen LogP contribution in [0.4, 0.5) is 5.82 Å². The van der Waals surface area contributed by atoms with Gasteiger partial charge in [0.2, 0.25) is 0 Å². The van der Waals surface area contributed by atoms with Crippen LogP contribution in [-0.2, 0) is 6.54 Å². The SMILES string of the molecule is COc1ccc(CNc2cccc(C#N)n2)cc1OC. The number of nitrogens with one attached hydrogen (secondary N) is 1. The van der Waals surface area contributed by atoms with Gasteiger partial charge in [0.15, 0.2) is 11.5 Å². The number of nitrogens with zero attached hydrogens (tertiary/aromatic N) is 2. The van der Waals surface area contributed by atoms with Crippen molar-refractivity contribution < 1.29 is 9.47 Å². The van der Waals surface area contributed by atoms with Crippen molar-refractivity contribution in [2.24, 2.45) is 0 Å². The highest BCUT2D eigenvalue weighted by Crippen LogP contribution is 2.27. The highest BCUT2D eigenvalue weighted by atomic mass is 16.5. The largest absolute Gasteiger partial charge is 0.493 e. The molecule has 5 heteroatoms. The number of rotatable bonds is 5. The zero-order chi connectivity index (χ0) is 14.4. The minimum Gasteiger partial charge on any atom is -0.493 e. The van der Waals surface area contributed by atoms with Gasteiger partial charge >= 0.3 is 0 Å². The zero-order valence-corrected chi connectivity index (χ0v) is 11.4. The predicted molar refractivity (Wildman–Crippen MR) is 75.8 cm³/mol. The van der Waals surface area contributed by atoms with Crippen LogP contribution in [-0.4, -0.2) is 19.2 Å². The molecule has 0 fully saturated rings. The summed E-state index contributed by atoms with van der Waals surface area (Å²) in [5.74, 6) is 2.05. The van der Waals surface area contributed by atoms with Gasteiger partial charge in [0.1, 0.15) is 17.6 Å². The molecule has 2 aromatic rings. The normalized spacial score (nSPS) is 9.65. The summed E-state index contributed by atoms with van der Waals surface area (Å²) in [4.78, 5) is 4.15. The maximum atomic E-state index is 8.80. The van der Waals surface area contributed by atoms with Crippen LogP contribution in [0.1, 0.15) is 11.3 Å². The van der Waals surface area contributed by atoms with E-state index >= 15 is 0 Å². The number of pyridine rings is 1. The van der Waals surface area contributed by atoms with Gasteiger partial charge in [-0.2, -0.15) is 5.26 Å². The molecule has 2 rings (SSSR count). The molecule has 0 bridgehead atoms. The molecule has 0 aliphatic heterocycles. The fourth-order valence-electron chi connectivity index (χ4n) is 1.78. The van der Waals surface area contributed by atoms with Gasteiger partial charge in [-0.3, -0.25) is 0 Å². The Kier molecular flexibility index (Phi) is 4.40. The van der Waals surface area contributed by atoms with Crippen molar-refractivity contribution in [3.05, 3.63) is 47.7 Å². The molecule has 0 aliphatic carbocycles. The molecule has 0 atom stereocenters. The Morgan fingerprint density at radius 3 is 2.65 bits per heavy atom. The molecule has 0 saturated heterocycles. The van der Waals surface area contributed by atoms with E-state index in [1.165, 1.54) is 0 Å². The van der Waals surface area contributed by atoms with Crippen LogP contribution in [0.25, 0.3) is 0 Å². The first-order valence-electron chi connectivity index (χ1n) is 6.08. The second-order valence-electron chi connectivity index (χ2n) is 4.06. The fraction of sp³-hybridized carbons (Fsp3) is 0.200. The number of hydrogen-bond acceptors (Lipinski definition) is 5. The first kappa shape index (κ1) is 13.7. The highest BCUT2D eigenvalue weighted by Gasteiger charge is 2.04. The number of anilines is 1. The number of ether oxygens (including phenoxy) is 2. The van der Waals surface area contributed by atoms with Crippen LogP contribution in [0.5, 0.6) is 11.5 Å². The van der Waals surface area contributed by atoms with E-state index in [-0.39, 0.29) is 0 Å². The average molecular weight is 269 g/mol. The lowest BCUT2D eigenvalue weighted by molar-refractivity contribution is 0.354. The summed E-state index contributed by atoms with van der Waals surface area (Å²) < 4.78 is 10.4. The van der Waals surface area contributed by atoms with Crippen LogP contribution in [0.2, 0.25) is 0 Å². The molecule has 1 N–H and O–H groups in total. The Balaban J connectivity index is 2.09. The molecule has 102 valence electrons. The van der Waals surface area contributed by atoms with Gasteiger partial charge in [0, 0.05) is 6.54 Å². The number of hydrogen-bond donors (Lipinski definition) is 1. The second kappa shape index (κ2) is 6.43. The molecule has 0 aliphatic rings. The standard InChI is InChI=1S/C15H15N3O2/c1-19-13-7-6-11(8-14(13)20-2)10-17-15-5-3-4-12(9-16)18-15/h3-8H,10H2,1-2H3,(H,17,18). The molecular weight excluding hydrogens is 254 g/mol. The van der Waals surface area contributed by atoms with Gasteiger partial charge in [-0.1, -0.05) is 12.1 Å². The van der Waals surface area contributed by atoms with E-state index in [9.17, 15) is 0 Å². The monoisotopic (exact) mass is 269 g/mol. The summed E-state index contributed by atoms with van der Waals surface area (Å²) in [7, 11) is 3.21. The van der Waals surface area contributed by atoms with Crippen LogP contribution in [0, 0.1) is 11.3 Å². The molecule has 0 radical (unpaired) electrons. The summed E-state index contributed by atoms with van der Waals surface area (Å²) in [6.07, 6.45) is 0. The summed E-state index contributed by atoms with van der Waals surface area (Å²) in [6, 6.07) is 13.0. The second-order valence-corrected chi connectivity index (χ2v) is 4.06. The molecule has 1 aromatic carbocycles. The Hall–Kier alpha value is -2.74. The maximum Gasteiger partial charge on any atom is 0.161 e. The summed E-state index contributed by atoms with van der Waals surface area (Å²) in [6.45, 7) is 0.586. The molecule has 0 spiro atoms. The first-order valence-corrected chi connectivity index (χ1v) is 6.08. The lowest BCUT2D eigenvalue weighted by Crippen LogP contribution is -2.02. The third kappa shape index (κ3) is 3.18. The topological polar surface area (TPSA) is 67.2 Å². The lowest BCUT2D eigenvalue weighted by atomic mass is 10.2. The maximum absolute atomic E-state index is 8.80. The molecule has 0 amide bonds. The molecule has 1 aromatic heterocycles.